The molecule has 1 heterocycles. The number of rotatable bonds is 8. The largest absolute Gasteiger partial charge is 0.493 e. The number of fused-ring (bicyclic) bond motifs is 1. The number of amides is 3. The number of carbonyl (C=O) groups excluding carboxylic acids is 3. The Morgan fingerprint density at radius 1 is 1.12 bits per heavy atom. The molecule has 2 aromatic carbocycles. The van der Waals surface area contributed by atoms with Crippen molar-refractivity contribution in [1.29, 1.82) is 0 Å². The molecule has 1 atom stereocenters. The smallest absolute Gasteiger partial charge is 0.255 e. The number of anilines is 1. The van der Waals surface area contributed by atoms with Gasteiger partial charge in [0.2, 0.25) is 11.8 Å². The minimum Gasteiger partial charge on any atom is -0.493 e. The second-order valence-electron chi connectivity index (χ2n) is 8.22. The van der Waals surface area contributed by atoms with Gasteiger partial charge in [0.1, 0.15) is 6.04 Å². The zero-order chi connectivity index (χ0) is 23.3. The van der Waals surface area contributed by atoms with E-state index in [0.717, 1.165) is 11.1 Å². The number of methoxy groups -OCH3 is 1. The molecular weight excluding hydrogens is 410 g/mol. The molecule has 8 heteroatoms. The number of hydrogen-bond acceptors (Lipinski definition) is 5. The van der Waals surface area contributed by atoms with Gasteiger partial charge in [0.05, 0.1) is 7.11 Å². The summed E-state index contributed by atoms with van der Waals surface area (Å²) < 4.78 is 10.6. The summed E-state index contributed by atoms with van der Waals surface area (Å²) >= 11 is 0. The molecule has 8 nitrogen and oxygen atoms in total. The van der Waals surface area contributed by atoms with Crippen molar-refractivity contribution in [2.24, 2.45) is 11.7 Å². The van der Waals surface area contributed by atoms with E-state index in [4.69, 9.17) is 15.2 Å². The van der Waals surface area contributed by atoms with Gasteiger partial charge in [-0.2, -0.15) is 0 Å². The monoisotopic (exact) mass is 439 g/mol. The summed E-state index contributed by atoms with van der Waals surface area (Å²) in [4.78, 5) is 38.9. The van der Waals surface area contributed by atoms with Crippen LogP contribution in [-0.4, -0.2) is 42.4 Å². The minimum absolute atomic E-state index is 0.0464. The lowest BCUT2D eigenvalue weighted by molar-refractivity contribution is -0.140. The summed E-state index contributed by atoms with van der Waals surface area (Å²) in [6, 6.07) is 12.1. The lowest BCUT2D eigenvalue weighted by atomic mass is 9.92. The van der Waals surface area contributed by atoms with Gasteiger partial charge >= 0.3 is 0 Å². The van der Waals surface area contributed by atoms with Gasteiger partial charge in [0.25, 0.3) is 5.91 Å². The molecule has 0 saturated carbocycles. The standard InChI is InChI=1S/C24H29N3O5/c1-15(2)10-23(29)27-13-17-7-5-4-6-16(17)11-19(27)24(30)26-18-8-9-20(31-3)21(12-18)32-14-22(25)28/h4-9,12,15,19H,10-11,13-14H2,1-3H3,(H2,25,28)(H,26,30). The first-order valence-electron chi connectivity index (χ1n) is 10.5. The van der Waals surface area contributed by atoms with E-state index in [1.807, 2.05) is 38.1 Å². The van der Waals surface area contributed by atoms with Crippen LogP contribution in [0.4, 0.5) is 5.69 Å². The Morgan fingerprint density at radius 3 is 2.50 bits per heavy atom. The van der Waals surface area contributed by atoms with Crippen molar-refractivity contribution in [3.8, 4) is 11.5 Å². The average molecular weight is 440 g/mol. The maximum absolute atomic E-state index is 13.3. The Balaban J connectivity index is 1.83. The summed E-state index contributed by atoms with van der Waals surface area (Å²) in [5.74, 6) is -0.0792. The first-order valence-corrected chi connectivity index (χ1v) is 10.5. The van der Waals surface area contributed by atoms with Crippen LogP contribution in [0, 0.1) is 5.92 Å². The van der Waals surface area contributed by atoms with E-state index in [9.17, 15) is 14.4 Å². The zero-order valence-corrected chi connectivity index (χ0v) is 18.6. The highest BCUT2D eigenvalue weighted by atomic mass is 16.5. The second-order valence-corrected chi connectivity index (χ2v) is 8.22. The van der Waals surface area contributed by atoms with Crippen molar-refractivity contribution in [3.63, 3.8) is 0 Å². The number of primary amides is 1. The molecule has 0 aliphatic carbocycles. The van der Waals surface area contributed by atoms with Crippen molar-refractivity contribution >= 4 is 23.4 Å². The topological polar surface area (TPSA) is 111 Å². The number of nitrogens with two attached hydrogens (primary N) is 1. The fourth-order valence-corrected chi connectivity index (χ4v) is 3.73. The number of hydrogen-bond donors (Lipinski definition) is 2. The summed E-state index contributed by atoms with van der Waals surface area (Å²) in [7, 11) is 1.47. The van der Waals surface area contributed by atoms with Crippen LogP contribution in [0.2, 0.25) is 0 Å². The van der Waals surface area contributed by atoms with Crippen molar-refractivity contribution in [2.75, 3.05) is 19.0 Å². The van der Waals surface area contributed by atoms with Gasteiger partial charge in [-0.15, -0.1) is 0 Å². The Bertz CT molecular complexity index is 1000. The molecule has 0 aromatic heterocycles. The fourth-order valence-electron chi connectivity index (χ4n) is 3.73. The predicted octanol–water partition coefficient (Wildman–Crippen LogP) is 2.50. The van der Waals surface area contributed by atoms with Crippen molar-refractivity contribution in [1.82, 2.24) is 4.90 Å². The van der Waals surface area contributed by atoms with Gasteiger partial charge in [0, 0.05) is 31.1 Å². The zero-order valence-electron chi connectivity index (χ0n) is 18.6. The molecule has 0 bridgehead atoms. The number of benzene rings is 2. The molecule has 1 aliphatic heterocycles. The minimum atomic E-state index is -0.631. The molecule has 0 radical (unpaired) electrons. The average Bonchev–Trinajstić information content (AvgIpc) is 2.76. The van der Waals surface area contributed by atoms with Gasteiger partial charge in [-0.05, 0) is 29.2 Å². The molecule has 170 valence electrons. The Morgan fingerprint density at radius 2 is 1.84 bits per heavy atom. The summed E-state index contributed by atoms with van der Waals surface area (Å²) in [6.45, 7) is 4.05. The van der Waals surface area contributed by atoms with E-state index in [-0.39, 0.29) is 30.1 Å². The van der Waals surface area contributed by atoms with Crippen LogP contribution in [0.1, 0.15) is 31.4 Å². The van der Waals surface area contributed by atoms with E-state index in [1.165, 1.54) is 7.11 Å². The summed E-state index contributed by atoms with van der Waals surface area (Å²) in [6.07, 6.45) is 0.812. The molecule has 0 spiro atoms. The Labute approximate surface area is 187 Å². The number of nitrogens with one attached hydrogen (secondary N) is 1. The molecule has 0 saturated heterocycles. The summed E-state index contributed by atoms with van der Waals surface area (Å²) in [5.41, 5.74) is 7.73. The van der Waals surface area contributed by atoms with Crippen LogP contribution >= 0.6 is 0 Å². The maximum atomic E-state index is 13.3. The van der Waals surface area contributed by atoms with Crippen LogP contribution < -0.4 is 20.5 Å². The highest BCUT2D eigenvalue weighted by Gasteiger charge is 2.34. The van der Waals surface area contributed by atoms with Crippen LogP contribution in [0.25, 0.3) is 0 Å². The lowest BCUT2D eigenvalue weighted by Gasteiger charge is -2.36. The van der Waals surface area contributed by atoms with Crippen molar-refractivity contribution in [2.45, 2.75) is 39.3 Å². The highest BCUT2D eigenvalue weighted by Crippen LogP contribution is 2.31. The predicted molar refractivity (Wildman–Crippen MR) is 120 cm³/mol. The first-order chi connectivity index (χ1) is 15.3. The SMILES string of the molecule is COc1ccc(NC(=O)C2Cc3ccccc3CN2C(=O)CC(C)C)cc1OCC(N)=O. The van der Waals surface area contributed by atoms with Gasteiger partial charge in [-0.1, -0.05) is 38.1 Å². The third-order valence-corrected chi connectivity index (χ3v) is 5.26. The molecule has 3 rings (SSSR count). The van der Waals surface area contributed by atoms with Crippen LogP contribution in [0.5, 0.6) is 11.5 Å². The third-order valence-electron chi connectivity index (χ3n) is 5.26. The van der Waals surface area contributed by atoms with Gasteiger partial charge < -0.3 is 25.4 Å². The summed E-state index contributed by atoms with van der Waals surface area (Å²) in [5, 5.41) is 2.88. The Kier molecular flexibility index (Phi) is 7.35. The number of carbonyl (C=O) groups is 3. The Hall–Kier alpha value is -3.55. The van der Waals surface area contributed by atoms with Crippen LogP contribution in [0.3, 0.4) is 0 Å². The molecular formula is C24H29N3O5. The van der Waals surface area contributed by atoms with E-state index in [2.05, 4.69) is 5.32 Å². The first kappa shape index (κ1) is 23.1. The van der Waals surface area contributed by atoms with Crippen molar-refractivity contribution < 1.29 is 23.9 Å². The lowest BCUT2D eigenvalue weighted by Crippen LogP contribution is -2.50. The third kappa shape index (κ3) is 5.57. The van der Waals surface area contributed by atoms with E-state index in [0.29, 0.717) is 30.8 Å². The quantitative estimate of drug-likeness (QED) is 0.657. The van der Waals surface area contributed by atoms with Gasteiger partial charge in [-0.3, -0.25) is 14.4 Å². The molecule has 1 unspecified atom stereocenters. The van der Waals surface area contributed by atoms with E-state index < -0.39 is 11.9 Å². The second kappa shape index (κ2) is 10.2. The normalized spacial score (nSPS) is 15.1. The highest BCUT2D eigenvalue weighted by molar-refractivity contribution is 5.98. The maximum Gasteiger partial charge on any atom is 0.255 e. The molecule has 0 fully saturated rings. The van der Waals surface area contributed by atoms with Crippen LogP contribution in [0.15, 0.2) is 42.5 Å². The molecule has 2 aromatic rings. The van der Waals surface area contributed by atoms with Crippen LogP contribution in [-0.2, 0) is 27.3 Å². The molecule has 32 heavy (non-hydrogen) atoms. The van der Waals surface area contributed by atoms with Crippen molar-refractivity contribution in [3.05, 3.63) is 53.6 Å². The molecule has 1 aliphatic rings. The van der Waals surface area contributed by atoms with E-state index >= 15 is 0 Å². The molecule has 3 amide bonds. The number of ether oxygens (including phenoxy) is 2. The fraction of sp³-hybridized carbons (Fsp3) is 0.375. The van der Waals surface area contributed by atoms with E-state index in [1.54, 1.807) is 23.1 Å². The van der Waals surface area contributed by atoms with Gasteiger partial charge in [-0.25, -0.2) is 0 Å². The number of nitrogens with zero attached hydrogens (tertiary/aromatic N) is 1. The molecule has 3 N–H and O–H groups in total. The van der Waals surface area contributed by atoms with Gasteiger partial charge in [0.15, 0.2) is 18.1 Å².